The Kier molecular flexibility index (Phi) is 5.72. The fourth-order valence-electron chi connectivity index (χ4n) is 1.41. The predicted molar refractivity (Wildman–Crippen MR) is 52.9 cm³/mol. The molecule has 0 spiro atoms. The molecule has 1 N–H and O–H groups in total. The molecule has 14 heavy (non-hydrogen) atoms. The highest BCUT2D eigenvalue weighted by Crippen LogP contribution is 2.22. The summed E-state index contributed by atoms with van der Waals surface area (Å²) in [6.07, 6.45) is 0.534. The van der Waals surface area contributed by atoms with Crippen molar-refractivity contribution < 1.29 is 19.4 Å². The van der Waals surface area contributed by atoms with E-state index in [2.05, 4.69) is 4.74 Å². The van der Waals surface area contributed by atoms with Crippen molar-refractivity contribution >= 4 is 5.97 Å². The molecule has 4 heteroatoms. The molecule has 2 unspecified atom stereocenters. The van der Waals surface area contributed by atoms with Gasteiger partial charge < -0.3 is 14.6 Å². The average Bonchev–Trinajstić information content (AvgIpc) is 2.15. The summed E-state index contributed by atoms with van der Waals surface area (Å²) in [7, 11) is 1.32. The first kappa shape index (κ1) is 13.4. The van der Waals surface area contributed by atoms with Crippen LogP contribution >= 0.6 is 0 Å². The number of aliphatic hydroxyl groups is 1. The molecular weight excluding hydrogens is 184 g/mol. The molecular formula is C10H20O4. The number of rotatable bonds is 6. The quantitative estimate of drug-likeness (QED) is 0.655. The monoisotopic (exact) mass is 204 g/mol. The number of hydrogen-bond donors (Lipinski definition) is 1. The van der Waals surface area contributed by atoms with Crippen molar-refractivity contribution in [3.63, 3.8) is 0 Å². The predicted octanol–water partition coefficient (Wildman–Crippen LogP) is 0.973. The Morgan fingerprint density at radius 2 is 2.07 bits per heavy atom. The van der Waals surface area contributed by atoms with E-state index >= 15 is 0 Å². The van der Waals surface area contributed by atoms with Crippen LogP contribution in [0.25, 0.3) is 0 Å². The molecule has 0 radical (unpaired) electrons. The van der Waals surface area contributed by atoms with Gasteiger partial charge in [-0.05, 0) is 20.3 Å². The Hall–Kier alpha value is -0.610. The number of carbonyl (C=O) groups is 1. The summed E-state index contributed by atoms with van der Waals surface area (Å²) in [5.74, 6) is -0.920. The van der Waals surface area contributed by atoms with Crippen LogP contribution in [0.1, 0.15) is 27.2 Å². The maximum atomic E-state index is 11.3. The largest absolute Gasteiger partial charge is 0.469 e. The topological polar surface area (TPSA) is 55.8 Å². The first-order valence-electron chi connectivity index (χ1n) is 4.87. The van der Waals surface area contributed by atoms with E-state index in [-0.39, 0.29) is 6.61 Å². The third-order valence-electron chi connectivity index (χ3n) is 2.24. The van der Waals surface area contributed by atoms with Crippen LogP contribution in [0.4, 0.5) is 0 Å². The molecule has 0 aliphatic heterocycles. The van der Waals surface area contributed by atoms with Gasteiger partial charge in [-0.25, -0.2) is 0 Å². The molecule has 0 heterocycles. The molecule has 0 aliphatic carbocycles. The SMILES string of the molecule is CCOCC(C)(O)C(CC)C(=O)OC. The summed E-state index contributed by atoms with van der Waals surface area (Å²) < 4.78 is 9.73. The average molecular weight is 204 g/mol. The van der Waals surface area contributed by atoms with Gasteiger partial charge in [-0.15, -0.1) is 0 Å². The third kappa shape index (κ3) is 3.64. The lowest BCUT2D eigenvalue weighted by Gasteiger charge is -2.29. The summed E-state index contributed by atoms with van der Waals surface area (Å²) >= 11 is 0. The molecule has 2 atom stereocenters. The minimum absolute atomic E-state index is 0.150. The lowest BCUT2D eigenvalue weighted by Crippen LogP contribution is -2.43. The second-order valence-electron chi connectivity index (χ2n) is 3.48. The molecule has 0 saturated carbocycles. The van der Waals surface area contributed by atoms with Crippen LogP contribution in [-0.4, -0.2) is 37.0 Å². The summed E-state index contributed by atoms with van der Waals surface area (Å²) in [6.45, 7) is 5.94. The minimum atomic E-state index is -1.15. The van der Waals surface area contributed by atoms with Gasteiger partial charge in [0, 0.05) is 6.61 Å². The van der Waals surface area contributed by atoms with Gasteiger partial charge in [0.05, 0.1) is 25.2 Å². The Labute approximate surface area is 85.2 Å². The molecule has 0 aromatic carbocycles. The van der Waals surface area contributed by atoms with E-state index in [9.17, 15) is 9.90 Å². The van der Waals surface area contributed by atoms with E-state index in [4.69, 9.17) is 4.74 Å². The Morgan fingerprint density at radius 1 is 1.50 bits per heavy atom. The van der Waals surface area contributed by atoms with E-state index in [0.717, 1.165) is 0 Å². The Morgan fingerprint density at radius 3 is 2.43 bits per heavy atom. The summed E-state index contributed by atoms with van der Waals surface area (Å²) in [5.41, 5.74) is -1.15. The van der Waals surface area contributed by atoms with Gasteiger partial charge in [-0.3, -0.25) is 4.79 Å². The maximum Gasteiger partial charge on any atom is 0.311 e. The van der Waals surface area contributed by atoms with Crippen molar-refractivity contribution in [2.45, 2.75) is 32.8 Å². The number of esters is 1. The van der Waals surface area contributed by atoms with Crippen molar-refractivity contribution in [2.24, 2.45) is 5.92 Å². The van der Waals surface area contributed by atoms with E-state index in [0.29, 0.717) is 13.0 Å². The second-order valence-corrected chi connectivity index (χ2v) is 3.48. The minimum Gasteiger partial charge on any atom is -0.469 e. The van der Waals surface area contributed by atoms with Gasteiger partial charge in [0.1, 0.15) is 0 Å². The van der Waals surface area contributed by atoms with Crippen LogP contribution in [0.2, 0.25) is 0 Å². The van der Waals surface area contributed by atoms with Crippen LogP contribution in [0, 0.1) is 5.92 Å². The van der Waals surface area contributed by atoms with E-state index < -0.39 is 17.5 Å². The molecule has 0 saturated heterocycles. The molecule has 0 aromatic rings. The Balaban J connectivity index is 4.39. The molecule has 4 nitrogen and oxygen atoms in total. The van der Waals surface area contributed by atoms with Crippen molar-refractivity contribution in [2.75, 3.05) is 20.3 Å². The van der Waals surface area contributed by atoms with Gasteiger partial charge in [-0.2, -0.15) is 0 Å². The molecule has 0 fully saturated rings. The standard InChI is InChI=1S/C10H20O4/c1-5-8(9(11)13-4)10(3,12)7-14-6-2/h8,12H,5-7H2,1-4H3. The van der Waals surface area contributed by atoms with E-state index in [1.807, 2.05) is 13.8 Å². The van der Waals surface area contributed by atoms with Crippen molar-refractivity contribution in [3.05, 3.63) is 0 Å². The number of hydrogen-bond acceptors (Lipinski definition) is 4. The highest BCUT2D eigenvalue weighted by atomic mass is 16.5. The van der Waals surface area contributed by atoms with Crippen LogP contribution in [0.5, 0.6) is 0 Å². The molecule has 0 rings (SSSR count). The maximum absolute atomic E-state index is 11.3. The third-order valence-corrected chi connectivity index (χ3v) is 2.24. The lowest BCUT2D eigenvalue weighted by atomic mass is 9.88. The molecule has 84 valence electrons. The van der Waals surface area contributed by atoms with Gasteiger partial charge in [0.2, 0.25) is 0 Å². The fraction of sp³-hybridized carbons (Fsp3) is 0.900. The zero-order valence-corrected chi connectivity index (χ0v) is 9.37. The normalized spacial score (nSPS) is 17.2. The smallest absolute Gasteiger partial charge is 0.311 e. The zero-order valence-electron chi connectivity index (χ0n) is 9.37. The van der Waals surface area contributed by atoms with Crippen molar-refractivity contribution in [1.29, 1.82) is 0 Å². The Bertz CT molecular complexity index is 177. The van der Waals surface area contributed by atoms with Crippen LogP contribution in [0.15, 0.2) is 0 Å². The summed E-state index contributed by atoms with van der Waals surface area (Å²) in [4.78, 5) is 11.3. The number of ether oxygens (including phenoxy) is 2. The van der Waals surface area contributed by atoms with Gasteiger partial charge in [0.15, 0.2) is 0 Å². The lowest BCUT2D eigenvalue weighted by molar-refractivity contribution is -0.159. The van der Waals surface area contributed by atoms with Crippen molar-refractivity contribution in [3.8, 4) is 0 Å². The molecule has 0 aromatic heterocycles. The van der Waals surface area contributed by atoms with Crippen LogP contribution in [-0.2, 0) is 14.3 Å². The fourth-order valence-corrected chi connectivity index (χ4v) is 1.41. The molecule has 0 amide bonds. The van der Waals surface area contributed by atoms with Crippen molar-refractivity contribution in [1.82, 2.24) is 0 Å². The summed E-state index contributed by atoms with van der Waals surface area (Å²) in [6, 6.07) is 0. The molecule has 0 aliphatic rings. The van der Waals surface area contributed by atoms with Gasteiger partial charge in [0.25, 0.3) is 0 Å². The van der Waals surface area contributed by atoms with Crippen LogP contribution < -0.4 is 0 Å². The van der Waals surface area contributed by atoms with Gasteiger partial charge >= 0.3 is 5.97 Å². The van der Waals surface area contributed by atoms with Gasteiger partial charge in [-0.1, -0.05) is 6.92 Å². The number of methoxy groups -OCH3 is 1. The second kappa shape index (κ2) is 5.98. The van der Waals surface area contributed by atoms with E-state index in [1.54, 1.807) is 6.92 Å². The zero-order chi connectivity index (χ0) is 11.2. The molecule has 0 bridgehead atoms. The first-order chi connectivity index (χ1) is 6.49. The summed E-state index contributed by atoms with van der Waals surface area (Å²) in [5, 5.41) is 9.98. The van der Waals surface area contributed by atoms with E-state index in [1.165, 1.54) is 7.11 Å². The number of carbonyl (C=O) groups excluding carboxylic acids is 1. The van der Waals surface area contributed by atoms with Crippen LogP contribution in [0.3, 0.4) is 0 Å². The first-order valence-corrected chi connectivity index (χ1v) is 4.87. The highest BCUT2D eigenvalue weighted by Gasteiger charge is 2.36. The highest BCUT2D eigenvalue weighted by molar-refractivity contribution is 5.73.